The largest absolute Gasteiger partial charge is 0.352 e. The third-order valence-corrected chi connectivity index (χ3v) is 4.89. The monoisotopic (exact) mass is 365 g/mol. The van der Waals surface area contributed by atoms with E-state index in [-0.39, 0.29) is 23.9 Å². The van der Waals surface area contributed by atoms with E-state index in [1.807, 2.05) is 29.2 Å². The van der Waals surface area contributed by atoms with Crippen molar-refractivity contribution in [3.8, 4) is 0 Å². The molecule has 1 aliphatic rings. The van der Waals surface area contributed by atoms with Gasteiger partial charge in [-0.1, -0.05) is 23.7 Å². The predicted octanol–water partition coefficient (Wildman–Crippen LogP) is 2.68. The molecule has 138 valence electrons. The average molecular weight is 366 g/mol. The highest BCUT2D eigenvalue weighted by molar-refractivity contribution is 6.30. The number of nitrogens with zero attached hydrogens (tertiary/aromatic N) is 2. The van der Waals surface area contributed by atoms with Gasteiger partial charge in [-0.2, -0.15) is 0 Å². The normalized spacial score (nSPS) is 15.7. The van der Waals surface area contributed by atoms with E-state index in [4.69, 9.17) is 11.6 Å². The van der Waals surface area contributed by atoms with Crippen molar-refractivity contribution < 1.29 is 9.59 Å². The Kier molecular flexibility index (Phi) is 7.26. The number of nitrogens with one attached hydrogen (secondary N) is 1. The minimum absolute atomic E-state index is 0.0389. The number of carbonyl (C=O) groups excluding carboxylic acids is 2. The Balaban J connectivity index is 1.85. The first-order chi connectivity index (χ1) is 11.8. The molecule has 5 nitrogen and oxygen atoms in total. The number of rotatable bonds is 6. The van der Waals surface area contributed by atoms with E-state index in [1.54, 1.807) is 6.92 Å². The van der Waals surface area contributed by atoms with Crippen LogP contribution in [-0.4, -0.2) is 53.3 Å². The molecular formula is C19H28ClN3O2. The van der Waals surface area contributed by atoms with Crippen molar-refractivity contribution >= 4 is 23.4 Å². The molecule has 0 spiro atoms. The van der Waals surface area contributed by atoms with Gasteiger partial charge >= 0.3 is 0 Å². The van der Waals surface area contributed by atoms with Crippen LogP contribution in [0.4, 0.5) is 0 Å². The van der Waals surface area contributed by atoms with E-state index in [0.717, 1.165) is 31.5 Å². The first-order valence-corrected chi connectivity index (χ1v) is 9.26. The van der Waals surface area contributed by atoms with Crippen LogP contribution in [0, 0.1) is 0 Å². The number of carbonyl (C=O) groups is 2. The molecule has 1 heterocycles. The van der Waals surface area contributed by atoms with Crippen molar-refractivity contribution in [3.63, 3.8) is 0 Å². The first kappa shape index (κ1) is 19.7. The van der Waals surface area contributed by atoms with Crippen molar-refractivity contribution in [3.05, 3.63) is 34.9 Å². The van der Waals surface area contributed by atoms with Crippen molar-refractivity contribution in [2.45, 2.75) is 52.2 Å². The molecule has 0 radical (unpaired) electrons. The summed E-state index contributed by atoms with van der Waals surface area (Å²) in [5, 5.41) is 3.83. The van der Waals surface area contributed by atoms with Gasteiger partial charge < -0.3 is 10.2 Å². The van der Waals surface area contributed by atoms with E-state index in [0.29, 0.717) is 18.1 Å². The Morgan fingerprint density at radius 1 is 1.32 bits per heavy atom. The zero-order chi connectivity index (χ0) is 18.4. The molecule has 25 heavy (non-hydrogen) atoms. The molecule has 1 aromatic carbocycles. The van der Waals surface area contributed by atoms with Crippen LogP contribution >= 0.6 is 11.6 Å². The molecule has 0 bridgehead atoms. The molecule has 0 aliphatic carbocycles. The molecule has 1 aliphatic heterocycles. The van der Waals surface area contributed by atoms with Crippen LogP contribution in [0.3, 0.4) is 0 Å². The van der Waals surface area contributed by atoms with Crippen molar-refractivity contribution in [1.29, 1.82) is 0 Å². The number of amides is 2. The maximum Gasteiger partial charge on any atom is 0.234 e. The number of hydrogen-bond donors (Lipinski definition) is 1. The van der Waals surface area contributed by atoms with Crippen LogP contribution in [0.5, 0.6) is 0 Å². The highest BCUT2D eigenvalue weighted by Crippen LogP contribution is 2.14. The van der Waals surface area contributed by atoms with Gasteiger partial charge in [0.15, 0.2) is 0 Å². The molecule has 2 rings (SSSR count). The second-order valence-electron chi connectivity index (χ2n) is 6.98. The van der Waals surface area contributed by atoms with Gasteiger partial charge in [-0.3, -0.25) is 14.5 Å². The van der Waals surface area contributed by atoms with E-state index in [2.05, 4.69) is 24.1 Å². The number of halogens is 1. The molecule has 1 saturated heterocycles. The minimum Gasteiger partial charge on any atom is -0.352 e. The van der Waals surface area contributed by atoms with Gasteiger partial charge in [-0.25, -0.2) is 0 Å². The smallest absolute Gasteiger partial charge is 0.234 e. The fourth-order valence-electron chi connectivity index (χ4n) is 3.09. The van der Waals surface area contributed by atoms with Gasteiger partial charge in [0.05, 0.1) is 6.54 Å². The van der Waals surface area contributed by atoms with E-state index >= 15 is 0 Å². The van der Waals surface area contributed by atoms with Gasteiger partial charge in [-0.15, -0.1) is 0 Å². The van der Waals surface area contributed by atoms with E-state index in [9.17, 15) is 9.59 Å². The second-order valence-corrected chi connectivity index (χ2v) is 7.41. The van der Waals surface area contributed by atoms with Gasteiger partial charge in [0, 0.05) is 43.7 Å². The third kappa shape index (κ3) is 6.33. The minimum atomic E-state index is 0.0389. The lowest BCUT2D eigenvalue weighted by molar-refractivity contribution is -0.130. The molecule has 2 amide bonds. The summed E-state index contributed by atoms with van der Waals surface area (Å²) in [6.45, 7) is 8.25. The summed E-state index contributed by atoms with van der Waals surface area (Å²) < 4.78 is 0. The third-order valence-electron chi connectivity index (χ3n) is 4.66. The van der Waals surface area contributed by atoms with Crippen LogP contribution in [0.15, 0.2) is 24.3 Å². The summed E-state index contributed by atoms with van der Waals surface area (Å²) in [7, 11) is 0. The number of hydrogen-bond acceptors (Lipinski definition) is 3. The standard InChI is InChI=1S/C19H28ClN3O2/c1-14(2)23(12-16-5-4-6-17(20)11-16)13-19(25)21-18-7-9-22(10-8-18)15(3)24/h4-6,11,14,18H,7-10,12-13H2,1-3H3,(H,21,25). The Morgan fingerprint density at radius 3 is 2.56 bits per heavy atom. The molecule has 1 N–H and O–H groups in total. The Bertz CT molecular complexity index is 598. The lowest BCUT2D eigenvalue weighted by atomic mass is 10.0. The maximum atomic E-state index is 12.4. The summed E-state index contributed by atoms with van der Waals surface area (Å²) in [5.41, 5.74) is 1.10. The first-order valence-electron chi connectivity index (χ1n) is 8.88. The SMILES string of the molecule is CC(=O)N1CCC(NC(=O)CN(Cc2cccc(Cl)c2)C(C)C)CC1. The Labute approximate surface area is 155 Å². The van der Waals surface area contributed by atoms with Crippen LogP contribution in [0.1, 0.15) is 39.2 Å². The molecule has 0 unspecified atom stereocenters. The maximum absolute atomic E-state index is 12.4. The van der Waals surface area contributed by atoms with Crippen LogP contribution in [0.25, 0.3) is 0 Å². The molecule has 0 atom stereocenters. The van der Waals surface area contributed by atoms with Gasteiger partial charge in [-0.05, 0) is 44.4 Å². The molecular weight excluding hydrogens is 338 g/mol. The van der Waals surface area contributed by atoms with Crippen molar-refractivity contribution in [1.82, 2.24) is 15.1 Å². The van der Waals surface area contributed by atoms with Crippen LogP contribution in [-0.2, 0) is 16.1 Å². The predicted molar refractivity (Wildman–Crippen MR) is 100 cm³/mol. The van der Waals surface area contributed by atoms with Crippen molar-refractivity contribution in [2.24, 2.45) is 0 Å². The fraction of sp³-hybridized carbons (Fsp3) is 0.579. The quantitative estimate of drug-likeness (QED) is 0.843. The summed E-state index contributed by atoms with van der Waals surface area (Å²) >= 11 is 6.05. The summed E-state index contributed by atoms with van der Waals surface area (Å²) in [5.74, 6) is 0.147. The van der Waals surface area contributed by atoms with Gasteiger partial charge in [0.2, 0.25) is 11.8 Å². The van der Waals surface area contributed by atoms with Gasteiger partial charge in [0.25, 0.3) is 0 Å². The Morgan fingerprint density at radius 2 is 2.00 bits per heavy atom. The second kappa shape index (κ2) is 9.20. The lowest BCUT2D eigenvalue weighted by Gasteiger charge is -2.32. The molecule has 1 fully saturated rings. The molecule has 0 aromatic heterocycles. The topological polar surface area (TPSA) is 52.7 Å². The zero-order valence-corrected chi connectivity index (χ0v) is 16.1. The van der Waals surface area contributed by atoms with Crippen LogP contribution in [0.2, 0.25) is 5.02 Å². The lowest BCUT2D eigenvalue weighted by Crippen LogP contribution is -2.49. The van der Waals surface area contributed by atoms with Crippen molar-refractivity contribution in [2.75, 3.05) is 19.6 Å². The van der Waals surface area contributed by atoms with E-state index in [1.165, 1.54) is 0 Å². The fourth-order valence-corrected chi connectivity index (χ4v) is 3.30. The zero-order valence-electron chi connectivity index (χ0n) is 15.3. The van der Waals surface area contributed by atoms with Crippen LogP contribution < -0.4 is 5.32 Å². The number of benzene rings is 1. The number of piperidine rings is 1. The molecule has 1 aromatic rings. The van der Waals surface area contributed by atoms with E-state index < -0.39 is 0 Å². The summed E-state index contributed by atoms with van der Waals surface area (Å²) in [6.07, 6.45) is 1.64. The highest BCUT2D eigenvalue weighted by Gasteiger charge is 2.23. The summed E-state index contributed by atoms with van der Waals surface area (Å²) in [6, 6.07) is 8.15. The highest BCUT2D eigenvalue weighted by atomic mass is 35.5. The molecule has 0 saturated carbocycles. The average Bonchev–Trinajstić information content (AvgIpc) is 2.54. The van der Waals surface area contributed by atoms with Gasteiger partial charge in [0.1, 0.15) is 0 Å². The Hall–Kier alpha value is -1.59. The number of likely N-dealkylation sites (tertiary alicyclic amines) is 1. The summed E-state index contributed by atoms with van der Waals surface area (Å²) in [4.78, 5) is 27.8. The molecule has 6 heteroatoms.